The van der Waals surface area contributed by atoms with Crippen molar-refractivity contribution in [1.82, 2.24) is 0 Å². The molecular formula is C7H14O3. The Kier molecular flexibility index (Phi) is 3.12. The third-order valence-corrected chi connectivity index (χ3v) is 1.77. The van der Waals surface area contributed by atoms with E-state index in [9.17, 15) is 0 Å². The van der Waals surface area contributed by atoms with Crippen LogP contribution in [-0.4, -0.2) is 29.2 Å². The highest BCUT2D eigenvalue weighted by Gasteiger charge is 2.15. The van der Waals surface area contributed by atoms with Gasteiger partial charge in [0, 0.05) is 13.0 Å². The van der Waals surface area contributed by atoms with E-state index < -0.39 is 6.29 Å². The predicted octanol–water partition coefficient (Wildman–Crippen LogP) is 0.256. The van der Waals surface area contributed by atoms with Crippen molar-refractivity contribution in [2.45, 2.75) is 38.1 Å². The Morgan fingerprint density at radius 1 is 1.50 bits per heavy atom. The lowest BCUT2D eigenvalue weighted by Gasteiger charge is -2.08. The summed E-state index contributed by atoms with van der Waals surface area (Å²) in [6.45, 7) is 0.839. The van der Waals surface area contributed by atoms with Crippen LogP contribution < -0.4 is 0 Å². The minimum atomic E-state index is -1.16. The largest absolute Gasteiger partial charge is 0.378 e. The van der Waals surface area contributed by atoms with Crippen molar-refractivity contribution in [3.05, 3.63) is 0 Å². The van der Waals surface area contributed by atoms with Gasteiger partial charge in [0.2, 0.25) is 0 Å². The lowest BCUT2D eigenvalue weighted by Crippen LogP contribution is -2.11. The number of aliphatic hydroxyl groups excluding tert-OH is 1. The van der Waals surface area contributed by atoms with Gasteiger partial charge in [0.1, 0.15) is 0 Å². The molecule has 3 heteroatoms. The molecule has 0 aromatic carbocycles. The molecule has 0 radical (unpaired) electrons. The lowest BCUT2D eigenvalue weighted by atomic mass is 10.1. The van der Waals surface area contributed by atoms with Crippen molar-refractivity contribution in [2.24, 2.45) is 0 Å². The molecule has 3 nitrogen and oxygen atoms in total. The smallest absolute Gasteiger partial charge is 0.151 e. The maximum absolute atomic E-state index is 8.51. The van der Waals surface area contributed by atoms with Crippen molar-refractivity contribution in [1.29, 1.82) is 0 Å². The molecule has 1 fully saturated rings. The molecule has 0 aromatic rings. The zero-order chi connectivity index (χ0) is 7.40. The molecule has 1 aliphatic rings. The summed E-state index contributed by atoms with van der Waals surface area (Å²) < 4.78 is 5.28. The van der Waals surface area contributed by atoms with Crippen LogP contribution in [-0.2, 0) is 4.74 Å². The normalized spacial score (nSPS) is 26.1. The van der Waals surface area contributed by atoms with Crippen LogP contribution in [0.3, 0.4) is 0 Å². The van der Waals surface area contributed by atoms with E-state index in [-0.39, 0.29) is 6.10 Å². The molecule has 1 saturated heterocycles. The van der Waals surface area contributed by atoms with Crippen molar-refractivity contribution >= 4 is 0 Å². The third kappa shape index (κ3) is 2.64. The van der Waals surface area contributed by atoms with Gasteiger partial charge in [0.15, 0.2) is 6.29 Å². The summed E-state index contributed by atoms with van der Waals surface area (Å²) >= 11 is 0. The van der Waals surface area contributed by atoms with E-state index in [1.54, 1.807) is 0 Å². The molecule has 1 aliphatic heterocycles. The Balaban J connectivity index is 2.01. The van der Waals surface area contributed by atoms with Gasteiger partial charge in [0.05, 0.1) is 6.10 Å². The van der Waals surface area contributed by atoms with Crippen LogP contribution in [0.4, 0.5) is 0 Å². The van der Waals surface area contributed by atoms with Gasteiger partial charge in [-0.15, -0.1) is 0 Å². The predicted molar refractivity (Wildman–Crippen MR) is 36.4 cm³/mol. The van der Waals surface area contributed by atoms with Crippen LogP contribution in [0.2, 0.25) is 0 Å². The summed E-state index contributed by atoms with van der Waals surface area (Å²) in [6, 6.07) is 0. The molecule has 60 valence electrons. The van der Waals surface area contributed by atoms with E-state index in [4.69, 9.17) is 14.9 Å². The maximum atomic E-state index is 8.51. The molecule has 0 saturated carbocycles. The molecule has 0 amide bonds. The van der Waals surface area contributed by atoms with Gasteiger partial charge in [-0.1, -0.05) is 0 Å². The first-order valence-electron chi connectivity index (χ1n) is 3.77. The third-order valence-electron chi connectivity index (χ3n) is 1.77. The molecule has 1 atom stereocenters. The van der Waals surface area contributed by atoms with Crippen LogP contribution in [0.25, 0.3) is 0 Å². The Morgan fingerprint density at radius 3 is 2.80 bits per heavy atom. The summed E-state index contributed by atoms with van der Waals surface area (Å²) in [5.41, 5.74) is 0. The van der Waals surface area contributed by atoms with E-state index in [0.29, 0.717) is 6.42 Å². The second-order valence-electron chi connectivity index (χ2n) is 2.69. The first-order valence-corrected chi connectivity index (χ1v) is 3.77. The topological polar surface area (TPSA) is 49.7 Å². The van der Waals surface area contributed by atoms with E-state index in [1.165, 1.54) is 0 Å². The minimum absolute atomic E-state index is 0.279. The molecular weight excluding hydrogens is 132 g/mol. The summed E-state index contributed by atoms with van der Waals surface area (Å²) in [6.07, 6.45) is 2.52. The quantitative estimate of drug-likeness (QED) is 0.561. The maximum Gasteiger partial charge on any atom is 0.151 e. The monoisotopic (exact) mass is 146 g/mol. The average molecular weight is 146 g/mol. The second-order valence-corrected chi connectivity index (χ2v) is 2.69. The molecule has 2 N–H and O–H groups in total. The Labute approximate surface area is 60.6 Å². The van der Waals surface area contributed by atoms with Crippen LogP contribution >= 0.6 is 0 Å². The minimum Gasteiger partial charge on any atom is -0.378 e. The first-order chi connectivity index (χ1) is 4.79. The fourth-order valence-electron chi connectivity index (χ4n) is 1.21. The highest BCUT2D eigenvalue weighted by atomic mass is 16.5. The van der Waals surface area contributed by atoms with E-state index in [2.05, 4.69) is 0 Å². The zero-order valence-electron chi connectivity index (χ0n) is 5.99. The number of ether oxygens (including phenoxy) is 1. The molecule has 0 bridgehead atoms. The summed E-state index contributed by atoms with van der Waals surface area (Å²) in [5.74, 6) is 0. The van der Waals surface area contributed by atoms with Gasteiger partial charge in [-0.25, -0.2) is 0 Å². The highest BCUT2D eigenvalue weighted by molar-refractivity contribution is 4.64. The van der Waals surface area contributed by atoms with Crippen molar-refractivity contribution in [2.75, 3.05) is 6.61 Å². The average Bonchev–Trinajstić information content (AvgIpc) is 2.34. The Bertz CT molecular complexity index is 86.9. The fourth-order valence-corrected chi connectivity index (χ4v) is 1.21. The molecule has 10 heavy (non-hydrogen) atoms. The number of aliphatic hydroxyl groups is 2. The molecule has 1 heterocycles. The second kappa shape index (κ2) is 3.91. The molecule has 0 aliphatic carbocycles. The van der Waals surface area contributed by atoms with Gasteiger partial charge < -0.3 is 14.9 Å². The van der Waals surface area contributed by atoms with Gasteiger partial charge in [-0.2, -0.15) is 0 Å². The van der Waals surface area contributed by atoms with Crippen molar-refractivity contribution in [3.63, 3.8) is 0 Å². The van der Waals surface area contributed by atoms with E-state index in [1.807, 2.05) is 0 Å². The van der Waals surface area contributed by atoms with Crippen LogP contribution in [0.15, 0.2) is 0 Å². The van der Waals surface area contributed by atoms with Gasteiger partial charge in [0.25, 0.3) is 0 Å². The fraction of sp³-hybridized carbons (Fsp3) is 1.00. The van der Waals surface area contributed by atoms with E-state index >= 15 is 0 Å². The Morgan fingerprint density at radius 2 is 2.30 bits per heavy atom. The first kappa shape index (κ1) is 7.98. The molecule has 0 aromatic heterocycles. The van der Waals surface area contributed by atoms with Crippen LogP contribution in [0, 0.1) is 0 Å². The lowest BCUT2D eigenvalue weighted by molar-refractivity contribution is -0.0542. The van der Waals surface area contributed by atoms with Crippen LogP contribution in [0.1, 0.15) is 25.7 Å². The highest BCUT2D eigenvalue weighted by Crippen LogP contribution is 2.16. The SMILES string of the molecule is OC(O)CCC1CCCO1. The summed E-state index contributed by atoms with van der Waals surface area (Å²) in [7, 11) is 0. The van der Waals surface area contributed by atoms with Crippen molar-refractivity contribution in [3.8, 4) is 0 Å². The molecule has 1 rings (SSSR count). The molecule has 0 spiro atoms. The standard InChI is InChI=1S/C7H14O3/c8-7(9)4-3-6-2-1-5-10-6/h6-9H,1-5H2. The zero-order valence-corrected chi connectivity index (χ0v) is 5.99. The number of hydrogen-bond acceptors (Lipinski definition) is 3. The number of rotatable bonds is 3. The molecule has 1 unspecified atom stereocenters. The number of hydrogen-bond donors (Lipinski definition) is 2. The van der Waals surface area contributed by atoms with Crippen molar-refractivity contribution < 1.29 is 14.9 Å². The van der Waals surface area contributed by atoms with Gasteiger partial charge in [-0.05, 0) is 19.3 Å². The van der Waals surface area contributed by atoms with Gasteiger partial charge in [-0.3, -0.25) is 0 Å². The summed E-state index contributed by atoms with van der Waals surface area (Å²) in [5, 5.41) is 17.0. The van der Waals surface area contributed by atoms with E-state index in [0.717, 1.165) is 25.9 Å². The Hall–Kier alpha value is -0.120. The van der Waals surface area contributed by atoms with Gasteiger partial charge >= 0.3 is 0 Å². The van der Waals surface area contributed by atoms with Crippen LogP contribution in [0.5, 0.6) is 0 Å². The summed E-state index contributed by atoms with van der Waals surface area (Å²) in [4.78, 5) is 0.